The Balaban J connectivity index is 1.62. The molecule has 3 aromatic rings. The second-order valence-corrected chi connectivity index (χ2v) is 6.57. The third-order valence-electron chi connectivity index (χ3n) is 3.74. The zero-order chi connectivity index (χ0) is 17.6. The van der Waals surface area contributed by atoms with Crippen LogP contribution in [0.25, 0.3) is 11.1 Å². The summed E-state index contributed by atoms with van der Waals surface area (Å²) in [5, 5.41) is 2.85. The van der Waals surface area contributed by atoms with Gasteiger partial charge in [-0.15, -0.1) is 0 Å². The first kappa shape index (κ1) is 17.2. The fourth-order valence-electron chi connectivity index (χ4n) is 2.42. The van der Waals surface area contributed by atoms with E-state index >= 15 is 0 Å². The predicted molar refractivity (Wildman–Crippen MR) is 105 cm³/mol. The minimum atomic E-state index is -0.596. The van der Waals surface area contributed by atoms with Gasteiger partial charge in [-0.25, -0.2) is 0 Å². The molecule has 0 saturated carbocycles. The van der Waals surface area contributed by atoms with E-state index in [0.29, 0.717) is 5.75 Å². The molecule has 0 aliphatic carbocycles. The summed E-state index contributed by atoms with van der Waals surface area (Å²) in [7, 11) is 0. The minimum Gasteiger partial charge on any atom is -0.481 e. The molecule has 1 amide bonds. The van der Waals surface area contributed by atoms with Crippen LogP contribution in [0.15, 0.2) is 83.3 Å². The van der Waals surface area contributed by atoms with Crippen LogP contribution in [-0.2, 0) is 4.79 Å². The number of halogens is 1. The number of carbonyl (C=O) groups excluding carboxylic acids is 1. The summed E-state index contributed by atoms with van der Waals surface area (Å²) in [4.78, 5) is 12.3. The molecule has 1 atom stereocenters. The van der Waals surface area contributed by atoms with E-state index in [4.69, 9.17) is 4.74 Å². The van der Waals surface area contributed by atoms with Crippen molar-refractivity contribution in [3.05, 3.63) is 83.3 Å². The van der Waals surface area contributed by atoms with Crippen molar-refractivity contribution >= 4 is 27.5 Å². The van der Waals surface area contributed by atoms with Crippen molar-refractivity contribution in [1.29, 1.82) is 0 Å². The minimum absolute atomic E-state index is 0.190. The Bertz CT molecular complexity index is 847. The van der Waals surface area contributed by atoms with Crippen molar-refractivity contribution < 1.29 is 9.53 Å². The molecular formula is C21H18BrNO2. The van der Waals surface area contributed by atoms with E-state index in [2.05, 4.69) is 33.4 Å². The highest BCUT2D eigenvalue weighted by atomic mass is 79.9. The molecule has 0 saturated heterocycles. The van der Waals surface area contributed by atoms with Gasteiger partial charge in [-0.05, 0) is 48.4 Å². The summed E-state index contributed by atoms with van der Waals surface area (Å²) in [6, 6.07) is 25.3. The first-order chi connectivity index (χ1) is 12.1. The van der Waals surface area contributed by atoms with Gasteiger partial charge in [-0.3, -0.25) is 4.79 Å². The molecule has 0 bridgehead atoms. The summed E-state index contributed by atoms with van der Waals surface area (Å²) in [6.07, 6.45) is -0.596. The Hall–Kier alpha value is -2.59. The highest BCUT2D eigenvalue weighted by Crippen LogP contribution is 2.23. The third-order valence-corrected chi connectivity index (χ3v) is 4.23. The van der Waals surface area contributed by atoms with Gasteiger partial charge in [0.2, 0.25) is 0 Å². The summed E-state index contributed by atoms with van der Waals surface area (Å²) in [5.74, 6) is 0.474. The highest BCUT2D eigenvalue weighted by Gasteiger charge is 2.15. The van der Waals surface area contributed by atoms with Crippen LogP contribution in [-0.4, -0.2) is 12.0 Å². The normalized spacial score (nSPS) is 11.6. The lowest BCUT2D eigenvalue weighted by Gasteiger charge is -2.15. The molecule has 3 aromatic carbocycles. The summed E-state index contributed by atoms with van der Waals surface area (Å²) in [5.41, 5.74) is 2.99. The monoisotopic (exact) mass is 395 g/mol. The van der Waals surface area contributed by atoms with E-state index in [1.165, 1.54) is 0 Å². The Kier molecular flexibility index (Phi) is 5.51. The van der Waals surface area contributed by atoms with Crippen molar-refractivity contribution in [3.63, 3.8) is 0 Å². The largest absolute Gasteiger partial charge is 0.481 e. The molecule has 1 N–H and O–H groups in total. The summed E-state index contributed by atoms with van der Waals surface area (Å²) < 4.78 is 6.66. The van der Waals surface area contributed by atoms with Crippen molar-refractivity contribution in [2.45, 2.75) is 13.0 Å². The van der Waals surface area contributed by atoms with E-state index in [0.717, 1.165) is 21.3 Å². The van der Waals surface area contributed by atoms with Crippen LogP contribution in [0.5, 0.6) is 5.75 Å². The van der Waals surface area contributed by atoms with Crippen molar-refractivity contribution in [3.8, 4) is 16.9 Å². The number of hydrogen-bond donors (Lipinski definition) is 1. The molecule has 3 nitrogen and oxygen atoms in total. The van der Waals surface area contributed by atoms with Gasteiger partial charge in [0, 0.05) is 10.2 Å². The van der Waals surface area contributed by atoms with E-state index in [-0.39, 0.29) is 5.91 Å². The summed E-state index contributed by atoms with van der Waals surface area (Å²) in [6.45, 7) is 1.73. The lowest BCUT2D eigenvalue weighted by molar-refractivity contribution is -0.122. The SMILES string of the molecule is CC(Oc1ccc(-c2ccccc2)cc1)C(=O)Nc1cccc(Br)c1. The van der Waals surface area contributed by atoms with Gasteiger partial charge in [0.1, 0.15) is 5.75 Å². The number of rotatable bonds is 5. The first-order valence-corrected chi connectivity index (χ1v) is 8.80. The van der Waals surface area contributed by atoms with Gasteiger partial charge in [-0.2, -0.15) is 0 Å². The number of ether oxygens (including phenoxy) is 1. The predicted octanol–water partition coefficient (Wildman–Crippen LogP) is 5.52. The molecule has 0 radical (unpaired) electrons. The molecule has 126 valence electrons. The van der Waals surface area contributed by atoms with Gasteiger partial charge in [-0.1, -0.05) is 64.5 Å². The molecule has 0 aliphatic heterocycles. The van der Waals surface area contributed by atoms with Crippen molar-refractivity contribution in [2.24, 2.45) is 0 Å². The number of carbonyl (C=O) groups is 1. The highest BCUT2D eigenvalue weighted by molar-refractivity contribution is 9.10. The van der Waals surface area contributed by atoms with Gasteiger partial charge >= 0.3 is 0 Å². The first-order valence-electron chi connectivity index (χ1n) is 8.00. The van der Waals surface area contributed by atoms with Gasteiger partial charge < -0.3 is 10.1 Å². The standard InChI is InChI=1S/C21H18BrNO2/c1-15(21(24)23-19-9-5-8-18(22)14-19)25-20-12-10-17(11-13-20)16-6-3-2-4-7-16/h2-15H,1H3,(H,23,24). The zero-order valence-corrected chi connectivity index (χ0v) is 15.4. The second kappa shape index (κ2) is 7.99. The van der Waals surface area contributed by atoms with Crippen LogP contribution in [0.3, 0.4) is 0 Å². The van der Waals surface area contributed by atoms with Crippen LogP contribution >= 0.6 is 15.9 Å². The molecule has 0 spiro atoms. The quantitative estimate of drug-likeness (QED) is 0.617. The van der Waals surface area contributed by atoms with Gasteiger partial charge in [0.15, 0.2) is 6.10 Å². The lowest BCUT2D eigenvalue weighted by atomic mass is 10.1. The number of amides is 1. The smallest absolute Gasteiger partial charge is 0.265 e. The van der Waals surface area contributed by atoms with Crippen molar-refractivity contribution in [1.82, 2.24) is 0 Å². The average Bonchev–Trinajstić information content (AvgIpc) is 2.63. The molecule has 0 fully saturated rings. The number of anilines is 1. The Morgan fingerprint density at radius 3 is 2.28 bits per heavy atom. The maximum Gasteiger partial charge on any atom is 0.265 e. The number of nitrogens with one attached hydrogen (secondary N) is 1. The van der Waals surface area contributed by atoms with E-state index in [1.54, 1.807) is 6.92 Å². The molecule has 1 unspecified atom stereocenters. The summed E-state index contributed by atoms with van der Waals surface area (Å²) >= 11 is 3.39. The van der Waals surface area contributed by atoms with Crippen LogP contribution in [0.1, 0.15) is 6.92 Å². The topological polar surface area (TPSA) is 38.3 Å². The van der Waals surface area contributed by atoms with E-state index in [1.807, 2.05) is 66.7 Å². The number of hydrogen-bond acceptors (Lipinski definition) is 2. The Labute approximate surface area is 155 Å². The fraction of sp³-hybridized carbons (Fsp3) is 0.0952. The second-order valence-electron chi connectivity index (χ2n) is 5.65. The Morgan fingerprint density at radius 2 is 1.60 bits per heavy atom. The zero-order valence-electron chi connectivity index (χ0n) is 13.8. The molecule has 0 heterocycles. The maximum atomic E-state index is 12.3. The molecule has 0 aliphatic rings. The fourth-order valence-corrected chi connectivity index (χ4v) is 2.82. The van der Waals surface area contributed by atoms with Crippen LogP contribution in [0.4, 0.5) is 5.69 Å². The van der Waals surface area contributed by atoms with Gasteiger partial charge in [0.25, 0.3) is 5.91 Å². The Morgan fingerprint density at radius 1 is 0.920 bits per heavy atom. The van der Waals surface area contributed by atoms with Crippen LogP contribution < -0.4 is 10.1 Å². The van der Waals surface area contributed by atoms with Crippen LogP contribution in [0.2, 0.25) is 0 Å². The lowest BCUT2D eigenvalue weighted by Crippen LogP contribution is -2.30. The molecule has 4 heteroatoms. The molecular weight excluding hydrogens is 378 g/mol. The van der Waals surface area contributed by atoms with Crippen LogP contribution in [0, 0.1) is 0 Å². The van der Waals surface area contributed by atoms with Crippen molar-refractivity contribution in [2.75, 3.05) is 5.32 Å². The van der Waals surface area contributed by atoms with Gasteiger partial charge in [0.05, 0.1) is 0 Å². The number of benzene rings is 3. The molecule has 0 aromatic heterocycles. The van der Waals surface area contributed by atoms with E-state index in [9.17, 15) is 4.79 Å². The maximum absolute atomic E-state index is 12.3. The molecule has 25 heavy (non-hydrogen) atoms. The molecule has 3 rings (SSSR count). The van der Waals surface area contributed by atoms with E-state index < -0.39 is 6.10 Å². The third kappa shape index (κ3) is 4.70. The average molecular weight is 396 g/mol.